The number of nitrogen functional groups attached to an aromatic ring is 1. The van der Waals surface area contributed by atoms with Gasteiger partial charge in [-0.15, -0.1) is 0 Å². The Morgan fingerprint density at radius 3 is 2.29 bits per heavy atom. The number of amides is 2. The fourth-order valence-electron chi connectivity index (χ4n) is 3.59. The molecule has 3 aromatic rings. The Hall–Kier alpha value is -4.05. The number of ether oxygens (including phenoxy) is 1. The number of hydrogen-bond acceptors (Lipinski definition) is 5. The van der Waals surface area contributed by atoms with Gasteiger partial charge in [0.25, 0.3) is 5.91 Å². The van der Waals surface area contributed by atoms with Crippen molar-refractivity contribution in [1.29, 1.82) is 0 Å². The Morgan fingerprint density at radius 1 is 0.971 bits per heavy atom. The van der Waals surface area contributed by atoms with Gasteiger partial charge in [-0.05, 0) is 47.9 Å². The second-order valence-electron chi connectivity index (χ2n) is 8.25. The van der Waals surface area contributed by atoms with Crippen molar-refractivity contribution in [3.63, 3.8) is 0 Å². The maximum Gasteiger partial charge on any atom is 0.418 e. The first-order valence-electron chi connectivity index (χ1n) is 10.8. The van der Waals surface area contributed by atoms with Crippen molar-refractivity contribution in [2.45, 2.75) is 31.2 Å². The molecule has 4 rings (SSSR count). The van der Waals surface area contributed by atoms with Gasteiger partial charge in [0.05, 0.1) is 22.6 Å². The third-order valence-corrected chi connectivity index (χ3v) is 5.65. The summed E-state index contributed by atoms with van der Waals surface area (Å²) in [5, 5.41) is 4.58. The van der Waals surface area contributed by atoms with Crippen molar-refractivity contribution in [1.82, 2.24) is 0 Å². The lowest BCUT2D eigenvalue weighted by molar-refractivity contribution is -0.136. The fourth-order valence-corrected chi connectivity index (χ4v) is 3.59. The molecule has 35 heavy (non-hydrogen) atoms. The van der Waals surface area contributed by atoms with E-state index in [-0.39, 0.29) is 29.6 Å². The van der Waals surface area contributed by atoms with Crippen LogP contribution in [-0.4, -0.2) is 18.0 Å². The monoisotopic (exact) mass is 484 g/mol. The van der Waals surface area contributed by atoms with E-state index >= 15 is 0 Å². The fraction of sp³-hybridized carbons (Fsp3) is 0.200. The van der Waals surface area contributed by atoms with Gasteiger partial charge in [0, 0.05) is 17.5 Å². The largest absolute Gasteiger partial charge is 0.444 e. The number of halogens is 3. The number of carbonyl (C=O) groups is 2. The van der Waals surface area contributed by atoms with Crippen LogP contribution in [0.5, 0.6) is 0 Å². The molecule has 1 saturated carbocycles. The molecule has 0 unspecified atom stereocenters. The first-order chi connectivity index (χ1) is 16.6. The van der Waals surface area contributed by atoms with E-state index in [1.807, 2.05) is 12.1 Å². The van der Waals surface area contributed by atoms with Crippen molar-refractivity contribution < 1.29 is 27.5 Å². The molecule has 7 nitrogen and oxygen atoms in total. The van der Waals surface area contributed by atoms with E-state index in [0.29, 0.717) is 17.5 Å². The van der Waals surface area contributed by atoms with Crippen molar-refractivity contribution >= 4 is 29.1 Å². The lowest BCUT2D eigenvalue weighted by Gasteiger charge is -2.16. The zero-order valence-corrected chi connectivity index (χ0v) is 18.4. The van der Waals surface area contributed by atoms with E-state index < -0.39 is 29.4 Å². The highest BCUT2D eigenvalue weighted by atomic mass is 19.4. The second kappa shape index (κ2) is 9.67. The molecule has 3 aromatic carbocycles. The van der Waals surface area contributed by atoms with E-state index in [4.69, 9.17) is 16.2 Å². The summed E-state index contributed by atoms with van der Waals surface area (Å²) >= 11 is 0. The first-order valence-corrected chi connectivity index (χ1v) is 10.8. The van der Waals surface area contributed by atoms with Crippen LogP contribution in [0.2, 0.25) is 0 Å². The predicted molar refractivity (Wildman–Crippen MR) is 126 cm³/mol. The average molecular weight is 484 g/mol. The molecule has 2 amide bonds. The van der Waals surface area contributed by atoms with Crippen LogP contribution in [-0.2, 0) is 17.5 Å². The number of alkyl halides is 3. The summed E-state index contributed by atoms with van der Waals surface area (Å²) < 4.78 is 46.1. The summed E-state index contributed by atoms with van der Waals surface area (Å²) in [7, 11) is 0. The molecular weight excluding hydrogens is 461 g/mol. The minimum atomic E-state index is -4.83. The second-order valence-corrected chi connectivity index (χ2v) is 8.25. The Morgan fingerprint density at radius 2 is 1.66 bits per heavy atom. The Kier molecular flexibility index (Phi) is 6.65. The third kappa shape index (κ3) is 5.90. The van der Waals surface area contributed by atoms with Crippen molar-refractivity contribution in [2.24, 2.45) is 5.73 Å². The van der Waals surface area contributed by atoms with E-state index in [9.17, 15) is 22.8 Å². The number of hydrogen-bond donors (Lipinski definition) is 4. The average Bonchev–Trinajstić information content (AvgIpc) is 3.55. The molecule has 0 heterocycles. The van der Waals surface area contributed by atoms with Gasteiger partial charge in [-0.3, -0.25) is 10.1 Å². The van der Waals surface area contributed by atoms with Crippen LogP contribution in [0.4, 0.5) is 35.0 Å². The molecule has 0 bridgehead atoms. The highest BCUT2D eigenvalue weighted by Gasteiger charge is 2.35. The van der Waals surface area contributed by atoms with E-state index in [1.54, 1.807) is 30.3 Å². The van der Waals surface area contributed by atoms with Crippen molar-refractivity contribution in [3.05, 3.63) is 89.0 Å². The summed E-state index contributed by atoms with van der Waals surface area (Å²) in [6, 6.07) is 16.7. The minimum Gasteiger partial charge on any atom is -0.444 e. The van der Waals surface area contributed by atoms with Crippen LogP contribution >= 0.6 is 0 Å². The molecule has 0 radical (unpaired) electrons. The normalized spacial score (nSPS) is 16.9. The number of nitrogens with two attached hydrogens (primary N) is 2. The third-order valence-electron chi connectivity index (χ3n) is 5.65. The summed E-state index contributed by atoms with van der Waals surface area (Å²) in [6.45, 7) is -0.122. The van der Waals surface area contributed by atoms with Crippen LogP contribution < -0.4 is 22.1 Å². The van der Waals surface area contributed by atoms with Gasteiger partial charge in [0.2, 0.25) is 0 Å². The first kappa shape index (κ1) is 24.1. The minimum absolute atomic E-state index is 0.122. The summed E-state index contributed by atoms with van der Waals surface area (Å²) in [5.41, 5.74) is 11.9. The summed E-state index contributed by atoms with van der Waals surface area (Å²) in [4.78, 5) is 24.7. The van der Waals surface area contributed by atoms with Gasteiger partial charge >= 0.3 is 12.3 Å². The molecule has 0 saturated heterocycles. The zero-order chi connectivity index (χ0) is 25.2. The molecule has 1 aliphatic rings. The van der Waals surface area contributed by atoms with Crippen LogP contribution in [0.25, 0.3) is 0 Å². The molecule has 182 valence electrons. The Bertz CT molecular complexity index is 1250. The number of benzene rings is 3. The quantitative estimate of drug-likeness (QED) is 0.363. The highest BCUT2D eigenvalue weighted by molar-refractivity contribution is 6.06. The maximum atomic E-state index is 13.7. The van der Waals surface area contributed by atoms with Crippen molar-refractivity contribution in [2.75, 3.05) is 16.4 Å². The highest BCUT2D eigenvalue weighted by Crippen LogP contribution is 2.39. The zero-order valence-electron chi connectivity index (χ0n) is 18.4. The molecule has 1 fully saturated rings. The van der Waals surface area contributed by atoms with Gasteiger partial charge in [-0.25, -0.2) is 4.79 Å². The molecule has 2 atom stereocenters. The molecule has 0 aromatic heterocycles. The van der Waals surface area contributed by atoms with Crippen LogP contribution in [0.15, 0.2) is 66.7 Å². The molecule has 1 aliphatic carbocycles. The summed E-state index contributed by atoms with van der Waals surface area (Å²) in [6.07, 6.45) is -4.96. The lowest BCUT2D eigenvalue weighted by Crippen LogP contribution is -2.19. The number of rotatable bonds is 6. The molecule has 0 aliphatic heterocycles. The van der Waals surface area contributed by atoms with E-state index in [0.717, 1.165) is 18.1 Å². The maximum absolute atomic E-state index is 13.7. The standard InChI is InChI=1S/C25H23F3N4O3/c26-25(27,28)18-11-16(23(33)31-22-4-2-1-3-19(22)29)9-10-21(18)32-24(34)35-13-14-5-7-15(8-6-14)17-12-20(17)30/h1-11,17,20H,12-13,29-30H2,(H,31,33)(H,32,34)/t17-,20+/m1/s1. The van der Waals surface area contributed by atoms with E-state index in [1.165, 1.54) is 12.1 Å². The summed E-state index contributed by atoms with van der Waals surface area (Å²) in [5.74, 6) is -0.442. The topological polar surface area (TPSA) is 119 Å². The number of anilines is 3. The van der Waals surface area contributed by atoms with Crippen LogP contribution in [0.1, 0.15) is 39.4 Å². The van der Waals surface area contributed by atoms with Gasteiger partial charge in [-0.2, -0.15) is 13.2 Å². The van der Waals surface area contributed by atoms with Gasteiger partial charge in [0.15, 0.2) is 0 Å². The van der Waals surface area contributed by atoms with Crippen LogP contribution in [0.3, 0.4) is 0 Å². The van der Waals surface area contributed by atoms with Crippen LogP contribution in [0, 0.1) is 0 Å². The van der Waals surface area contributed by atoms with Gasteiger partial charge in [0.1, 0.15) is 6.61 Å². The lowest BCUT2D eigenvalue weighted by atomic mass is 10.1. The SMILES string of the molecule is Nc1ccccc1NC(=O)c1ccc(NC(=O)OCc2ccc([C@H]3C[C@@H]3N)cc2)c(C(F)(F)F)c1. The number of carbonyl (C=O) groups excluding carboxylic acids is 2. The number of para-hydroxylation sites is 2. The molecule has 6 N–H and O–H groups in total. The molecule has 0 spiro atoms. The van der Waals surface area contributed by atoms with Gasteiger partial charge < -0.3 is 21.5 Å². The van der Waals surface area contributed by atoms with Gasteiger partial charge in [-0.1, -0.05) is 36.4 Å². The Balaban J connectivity index is 1.42. The molecule has 10 heteroatoms. The van der Waals surface area contributed by atoms with Crippen molar-refractivity contribution in [3.8, 4) is 0 Å². The smallest absolute Gasteiger partial charge is 0.418 e. The number of nitrogens with one attached hydrogen (secondary N) is 2. The predicted octanol–water partition coefficient (Wildman–Crippen LogP) is 5.10. The Labute approximate surface area is 199 Å². The van der Waals surface area contributed by atoms with E-state index in [2.05, 4.69) is 10.6 Å². The molecular formula is C25H23F3N4O3.